The van der Waals surface area contributed by atoms with Gasteiger partial charge in [-0.2, -0.15) is 0 Å². The van der Waals surface area contributed by atoms with Gasteiger partial charge in [-0.05, 0) is 37.3 Å². The van der Waals surface area contributed by atoms with Crippen molar-refractivity contribution in [2.75, 3.05) is 23.4 Å². The number of methoxy groups -OCH3 is 1. The van der Waals surface area contributed by atoms with Crippen LogP contribution in [0, 0.1) is 6.92 Å². The van der Waals surface area contributed by atoms with Crippen LogP contribution < -0.4 is 19.5 Å². The van der Waals surface area contributed by atoms with E-state index >= 15 is 0 Å². The molecule has 30 heavy (non-hydrogen) atoms. The molecule has 8 nitrogen and oxygen atoms in total. The highest BCUT2D eigenvalue weighted by molar-refractivity contribution is 7.92. The number of aryl methyl sites for hydroxylation is 1. The van der Waals surface area contributed by atoms with E-state index in [1.807, 2.05) is 12.3 Å². The maximum atomic E-state index is 12.6. The first-order chi connectivity index (χ1) is 14.2. The van der Waals surface area contributed by atoms with Crippen LogP contribution in [0.3, 0.4) is 0 Å². The lowest BCUT2D eigenvalue weighted by Crippen LogP contribution is -2.13. The second-order valence-electron chi connectivity index (χ2n) is 6.42. The van der Waals surface area contributed by atoms with Gasteiger partial charge in [0.1, 0.15) is 18.1 Å². The molecule has 0 radical (unpaired) electrons. The number of aromatic nitrogens is 1. The highest BCUT2D eigenvalue weighted by atomic mass is 32.2. The first-order valence-corrected chi connectivity index (χ1v) is 11.6. The SMILES string of the molecule is COc1cc(NC(=O)c2cccc(OCc3csc(C)n3)c2)ccc1NS(C)(=O)=O. The quantitative estimate of drug-likeness (QED) is 0.546. The number of rotatable bonds is 8. The fourth-order valence-corrected chi connectivity index (χ4v) is 3.78. The minimum atomic E-state index is -3.45. The second kappa shape index (κ2) is 9.14. The van der Waals surface area contributed by atoms with Crippen LogP contribution in [-0.4, -0.2) is 32.7 Å². The molecular weight excluding hydrogens is 426 g/mol. The molecular formula is C20H21N3O5S2. The number of carbonyl (C=O) groups is 1. The third-order valence-electron chi connectivity index (χ3n) is 3.90. The Morgan fingerprint density at radius 3 is 2.67 bits per heavy atom. The van der Waals surface area contributed by atoms with Gasteiger partial charge in [-0.15, -0.1) is 11.3 Å². The lowest BCUT2D eigenvalue weighted by Gasteiger charge is -2.12. The lowest BCUT2D eigenvalue weighted by atomic mass is 10.2. The normalized spacial score (nSPS) is 11.0. The molecule has 0 atom stereocenters. The van der Waals surface area contributed by atoms with Crippen molar-refractivity contribution in [3.05, 3.63) is 64.1 Å². The van der Waals surface area contributed by atoms with Crippen LogP contribution in [0.2, 0.25) is 0 Å². The summed E-state index contributed by atoms with van der Waals surface area (Å²) >= 11 is 1.55. The first kappa shape index (κ1) is 21.6. The number of hydrogen-bond acceptors (Lipinski definition) is 7. The Morgan fingerprint density at radius 2 is 2.00 bits per heavy atom. The van der Waals surface area contributed by atoms with Crippen LogP contribution in [0.25, 0.3) is 0 Å². The number of hydrogen-bond donors (Lipinski definition) is 2. The summed E-state index contributed by atoms with van der Waals surface area (Å²) < 4.78 is 36.2. The summed E-state index contributed by atoms with van der Waals surface area (Å²) in [5.41, 5.74) is 1.99. The van der Waals surface area contributed by atoms with E-state index < -0.39 is 10.0 Å². The van der Waals surface area contributed by atoms with Crippen LogP contribution in [0.4, 0.5) is 11.4 Å². The van der Waals surface area contributed by atoms with Gasteiger partial charge >= 0.3 is 0 Å². The predicted molar refractivity (Wildman–Crippen MR) is 117 cm³/mol. The topological polar surface area (TPSA) is 107 Å². The van der Waals surface area contributed by atoms with Crippen molar-refractivity contribution >= 4 is 38.6 Å². The number of nitrogens with zero attached hydrogens (tertiary/aromatic N) is 1. The van der Waals surface area contributed by atoms with Crippen molar-refractivity contribution in [1.29, 1.82) is 0 Å². The summed E-state index contributed by atoms with van der Waals surface area (Å²) in [5, 5.41) is 5.66. The zero-order valence-corrected chi connectivity index (χ0v) is 18.3. The third kappa shape index (κ3) is 5.94. The van der Waals surface area contributed by atoms with Gasteiger partial charge in [0.2, 0.25) is 10.0 Å². The van der Waals surface area contributed by atoms with Crippen molar-refractivity contribution in [1.82, 2.24) is 4.98 Å². The van der Waals surface area contributed by atoms with Crippen LogP contribution in [0.1, 0.15) is 21.1 Å². The number of thiazole rings is 1. The number of sulfonamides is 1. The molecule has 0 bridgehead atoms. The van der Waals surface area contributed by atoms with Gasteiger partial charge in [-0.3, -0.25) is 9.52 Å². The van der Waals surface area contributed by atoms with Gasteiger partial charge < -0.3 is 14.8 Å². The van der Waals surface area contributed by atoms with Gasteiger partial charge in [-0.1, -0.05) is 6.07 Å². The summed E-state index contributed by atoms with van der Waals surface area (Å²) in [6.07, 6.45) is 1.05. The number of benzene rings is 2. The molecule has 0 spiro atoms. The number of amides is 1. The van der Waals surface area contributed by atoms with E-state index in [2.05, 4.69) is 15.0 Å². The summed E-state index contributed by atoms with van der Waals surface area (Å²) in [4.78, 5) is 17.0. The molecule has 0 saturated carbocycles. The van der Waals surface area contributed by atoms with Crippen LogP contribution in [-0.2, 0) is 16.6 Å². The molecule has 0 aliphatic carbocycles. The average molecular weight is 448 g/mol. The molecule has 1 aromatic heterocycles. The number of carbonyl (C=O) groups excluding carboxylic acids is 1. The summed E-state index contributed by atoms with van der Waals surface area (Å²) in [7, 11) is -2.04. The fraction of sp³-hybridized carbons (Fsp3) is 0.200. The summed E-state index contributed by atoms with van der Waals surface area (Å²) in [6, 6.07) is 11.5. The molecule has 1 heterocycles. The molecule has 3 rings (SSSR count). The summed E-state index contributed by atoms with van der Waals surface area (Å²) in [5.74, 6) is 0.503. The van der Waals surface area contributed by atoms with E-state index in [1.54, 1.807) is 41.7 Å². The Bertz CT molecular complexity index is 1160. The summed E-state index contributed by atoms with van der Waals surface area (Å²) in [6.45, 7) is 2.25. The molecule has 0 fully saturated rings. The molecule has 158 valence electrons. The van der Waals surface area contributed by atoms with Gasteiger partial charge in [0.15, 0.2) is 0 Å². The zero-order chi connectivity index (χ0) is 21.7. The standard InChI is InChI=1S/C20H21N3O5S2/c1-13-21-16(12-29-13)11-28-17-6-4-5-14(9-17)20(24)22-15-7-8-18(19(10-15)27-2)23-30(3,25)26/h4-10,12,23H,11H2,1-3H3,(H,22,24). The maximum Gasteiger partial charge on any atom is 0.255 e. The van der Waals surface area contributed by atoms with Crippen LogP contribution >= 0.6 is 11.3 Å². The van der Waals surface area contributed by atoms with E-state index in [0.717, 1.165) is 17.0 Å². The van der Waals surface area contributed by atoms with Gasteiger partial charge in [0.05, 0.1) is 29.8 Å². The highest BCUT2D eigenvalue weighted by Crippen LogP contribution is 2.29. The molecule has 0 aliphatic rings. The first-order valence-electron chi connectivity index (χ1n) is 8.84. The van der Waals surface area contributed by atoms with Crippen molar-refractivity contribution in [2.24, 2.45) is 0 Å². The van der Waals surface area contributed by atoms with Gasteiger partial charge in [0, 0.05) is 22.7 Å². The average Bonchev–Trinajstić information content (AvgIpc) is 3.12. The van der Waals surface area contributed by atoms with Crippen LogP contribution in [0.5, 0.6) is 11.5 Å². The van der Waals surface area contributed by atoms with Crippen LogP contribution in [0.15, 0.2) is 47.8 Å². The third-order valence-corrected chi connectivity index (χ3v) is 5.32. The second-order valence-corrected chi connectivity index (χ2v) is 9.23. The fourth-order valence-electron chi connectivity index (χ4n) is 2.62. The molecule has 0 saturated heterocycles. The van der Waals surface area contributed by atoms with E-state index in [1.165, 1.54) is 19.2 Å². The van der Waals surface area contributed by atoms with Gasteiger partial charge in [0.25, 0.3) is 5.91 Å². The molecule has 1 amide bonds. The van der Waals surface area contributed by atoms with E-state index in [9.17, 15) is 13.2 Å². The Hall–Kier alpha value is -3.11. The molecule has 3 aromatic rings. The van der Waals surface area contributed by atoms with Crippen molar-refractivity contribution in [3.8, 4) is 11.5 Å². The Morgan fingerprint density at radius 1 is 1.20 bits per heavy atom. The van der Waals surface area contributed by atoms with Crippen molar-refractivity contribution in [2.45, 2.75) is 13.5 Å². The predicted octanol–water partition coefficient (Wildman–Crippen LogP) is 3.66. The molecule has 2 N–H and O–H groups in total. The number of anilines is 2. The maximum absolute atomic E-state index is 12.6. The van der Waals surface area contributed by atoms with E-state index in [4.69, 9.17) is 9.47 Å². The Kier molecular flexibility index (Phi) is 6.58. The Balaban J connectivity index is 1.69. The molecule has 0 unspecified atom stereocenters. The minimum absolute atomic E-state index is 0.283. The molecule has 10 heteroatoms. The molecule has 0 aliphatic heterocycles. The van der Waals surface area contributed by atoms with E-state index in [-0.39, 0.29) is 17.3 Å². The van der Waals surface area contributed by atoms with Gasteiger partial charge in [-0.25, -0.2) is 13.4 Å². The molecule has 2 aromatic carbocycles. The van der Waals surface area contributed by atoms with Crippen molar-refractivity contribution < 1.29 is 22.7 Å². The number of ether oxygens (including phenoxy) is 2. The Labute approximate surface area is 178 Å². The monoisotopic (exact) mass is 447 g/mol. The smallest absolute Gasteiger partial charge is 0.255 e. The zero-order valence-electron chi connectivity index (χ0n) is 16.6. The lowest BCUT2D eigenvalue weighted by molar-refractivity contribution is 0.102. The van der Waals surface area contributed by atoms with E-state index in [0.29, 0.717) is 23.6 Å². The highest BCUT2D eigenvalue weighted by Gasteiger charge is 2.12. The number of nitrogens with one attached hydrogen (secondary N) is 2. The largest absolute Gasteiger partial charge is 0.494 e. The van der Waals surface area contributed by atoms with Crippen molar-refractivity contribution in [3.63, 3.8) is 0 Å². The minimum Gasteiger partial charge on any atom is -0.494 e.